The number of nitrogens with zero attached hydrogens (tertiary/aromatic N) is 1. The molecule has 0 fully saturated rings. The molecule has 4 rings (SSSR count). The van der Waals surface area contributed by atoms with E-state index in [1.54, 1.807) is 35.6 Å². The van der Waals surface area contributed by atoms with Crippen molar-refractivity contribution in [3.8, 4) is 0 Å². The predicted molar refractivity (Wildman–Crippen MR) is 121 cm³/mol. The molecule has 4 aromatic rings. The Morgan fingerprint density at radius 3 is 2.50 bits per heavy atom. The Hall–Kier alpha value is -3.51. The fraction of sp³-hybridized carbons (Fsp3) is 0.125. The highest BCUT2D eigenvalue weighted by Gasteiger charge is 2.13. The minimum absolute atomic E-state index is 0.120. The van der Waals surface area contributed by atoms with Gasteiger partial charge in [-0.15, -0.1) is 11.3 Å². The largest absolute Gasteiger partial charge is 0.366 e. The molecular formula is C24H21N3O2S. The smallest absolute Gasteiger partial charge is 0.248 e. The van der Waals surface area contributed by atoms with Crippen LogP contribution in [0.2, 0.25) is 0 Å². The molecule has 30 heavy (non-hydrogen) atoms. The van der Waals surface area contributed by atoms with Gasteiger partial charge in [-0.05, 0) is 47.5 Å². The van der Waals surface area contributed by atoms with Crippen LogP contribution in [0.1, 0.15) is 31.5 Å². The molecule has 1 aromatic heterocycles. The molecule has 0 unspecified atom stereocenters. The predicted octanol–water partition coefficient (Wildman–Crippen LogP) is 4.48. The van der Waals surface area contributed by atoms with E-state index < -0.39 is 5.91 Å². The maximum atomic E-state index is 12.5. The number of fused-ring (bicyclic) bond motifs is 1. The average molecular weight is 416 g/mol. The molecule has 150 valence electrons. The van der Waals surface area contributed by atoms with Crippen LogP contribution in [-0.2, 0) is 17.6 Å². The Morgan fingerprint density at radius 1 is 1.00 bits per heavy atom. The second-order valence-corrected chi connectivity index (χ2v) is 8.27. The number of nitrogens with two attached hydrogens (primary N) is 1. The monoisotopic (exact) mass is 415 g/mol. The maximum absolute atomic E-state index is 12.5. The van der Waals surface area contributed by atoms with Crippen molar-refractivity contribution in [2.24, 2.45) is 5.73 Å². The van der Waals surface area contributed by atoms with Crippen LogP contribution in [0.3, 0.4) is 0 Å². The van der Waals surface area contributed by atoms with Gasteiger partial charge in [0, 0.05) is 22.5 Å². The summed E-state index contributed by atoms with van der Waals surface area (Å²) < 4.78 is 0. The van der Waals surface area contributed by atoms with Crippen molar-refractivity contribution >= 4 is 39.6 Å². The third-order valence-electron chi connectivity index (χ3n) is 4.93. The number of amides is 2. The maximum Gasteiger partial charge on any atom is 0.248 e. The lowest BCUT2D eigenvalue weighted by molar-refractivity contribution is -0.115. The highest BCUT2D eigenvalue weighted by molar-refractivity contribution is 7.11. The Morgan fingerprint density at radius 2 is 1.73 bits per heavy atom. The van der Waals surface area contributed by atoms with Crippen molar-refractivity contribution < 1.29 is 9.59 Å². The summed E-state index contributed by atoms with van der Waals surface area (Å²) in [5.41, 5.74) is 8.39. The number of hydrogen-bond acceptors (Lipinski definition) is 4. The van der Waals surface area contributed by atoms with Crippen LogP contribution < -0.4 is 11.1 Å². The number of hydrogen-bond donors (Lipinski definition) is 2. The number of thiazole rings is 1. The fourth-order valence-electron chi connectivity index (χ4n) is 3.41. The molecule has 6 heteroatoms. The summed E-state index contributed by atoms with van der Waals surface area (Å²) in [6.45, 7) is 1.94. The number of carbonyl (C=O) groups is 2. The van der Waals surface area contributed by atoms with E-state index in [2.05, 4.69) is 35.6 Å². The van der Waals surface area contributed by atoms with Crippen molar-refractivity contribution in [3.63, 3.8) is 0 Å². The first-order valence-electron chi connectivity index (χ1n) is 9.61. The molecule has 0 saturated heterocycles. The van der Waals surface area contributed by atoms with E-state index in [1.807, 2.05) is 19.1 Å². The first-order valence-corrected chi connectivity index (χ1v) is 10.4. The summed E-state index contributed by atoms with van der Waals surface area (Å²) in [5.74, 6) is -0.614. The van der Waals surface area contributed by atoms with Crippen LogP contribution in [0.25, 0.3) is 10.8 Å². The zero-order valence-electron chi connectivity index (χ0n) is 16.5. The molecule has 0 radical (unpaired) electrons. The molecule has 0 aliphatic carbocycles. The number of aryl methyl sites for hydroxylation is 1. The Bertz CT molecular complexity index is 1220. The van der Waals surface area contributed by atoms with Gasteiger partial charge in [-0.25, -0.2) is 4.98 Å². The Balaban J connectivity index is 1.46. The fourth-order valence-corrected chi connectivity index (χ4v) is 4.50. The number of rotatable bonds is 6. The quantitative estimate of drug-likeness (QED) is 0.487. The highest BCUT2D eigenvalue weighted by Crippen LogP contribution is 2.25. The Labute approximate surface area is 178 Å². The molecular weight excluding hydrogens is 394 g/mol. The number of nitrogens with one attached hydrogen (secondary N) is 1. The van der Waals surface area contributed by atoms with Gasteiger partial charge in [-0.2, -0.15) is 0 Å². The lowest BCUT2D eigenvalue weighted by Gasteiger charge is -2.05. The molecule has 0 spiro atoms. The minimum Gasteiger partial charge on any atom is -0.366 e. The standard InChI is InChI=1S/C24H21N3O2S/c1-15-21(14-22(28)27-19-11-9-17(10-12-19)24(25)29)30-23(26-15)13-18-7-4-6-16-5-2-3-8-20(16)18/h2-12H,13-14H2,1H3,(H2,25,29)(H,27,28). The van der Waals surface area contributed by atoms with Crippen LogP contribution in [0.15, 0.2) is 66.7 Å². The van der Waals surface area contributed by atoms with Crippen LogP contribution in [0.5, 0.6) is 0 Å². The van der Waals surface area contributed by atoms with Crippen LogP contribution in [-0.4, -0.2) is 16.8 Å². The van der Waals surface area contributed by atoms with Crippen LogP contribution in [0, 0.1) is 6.92 Å². The summed E-state index contributed by atoms with van der Waals surface area (Å²) in [5, 5.41) is 6.29. The molecule has 5 nitrogen and oxygen atoms in total. The molecule has 0 saturated carbocycles. The van der Waals surface area contributed by atoms with Crippen molar-refractivity contribution in [1.82, 2.24) is 4.98 Å². The molecule has 2 amide bonds. The van der Waals surface area contributed by atoms with Crippen molar-refractivity contribution in [2.75, 3.05) is 5.32 Å². The van der Waals surface area contributed by atoms with Gasteiger partial charge < -0.3 is 11.1 Å². The number of benzene rings is 3. The summed E-state index contributed by atoms with van der Waals surface area (Å²) in [7, 11) is 0. The van der Waals surface area contributed by atoms with Crippen molar-refractivity contribution in [1.29, 1.82) is 0 Å². The van der Waals surface area contributed by atoms with Gasteiger partial charge in [-0.3, -0.25) is 9.59 Å². The second-order valence-electron chi connectivity index (χ2n) is 7.10. The first-order chi connectivity index (χ1) is 14.5. The zero-order valence-corrected chi connectivity index (χ0v) is 17.3. The van der Waals surface area contributed by atoms with E-state index in [4.69, 9.17) is 10.7 Å². The molecule has 0 atom stereocenters. The van der Waals surface area contributed by atoms with Gasteiger partial charge in [0.2, 0.25) is 11.8 Å². The Kier molecular flexibility index (Phi) is 5.59. The first kappa shape index (κ1) is 19.8. The molecule has 3 N–H and O–H groups in total. The van der Waals surface area contributed by atoms with E-state index in [1.165, 1.54) is 16.3 Å². The van der Waals surface area contributed by atoms with E-state index >= 15 is 0 Å². The van der Waals surface area contributed by atoms with Gasteiger partial charge in [0.25, 0.3) is 0 Å². The summed E-state index contributed by atoms with van der Waals surface area (Å²) >= 11 is 1.58. The van der Waals surface area contributed by atoms with E-state index in [9.17, 15) is 9.59 Å². The highest BCUT2D eigenvalue weighted by atomic mass is 32.1. The zero-order chi connectivity index (χ0) is 21.1. The van der Waals surface area contributed by atoms with E-state index in [0.29, 0.717) is 11.3 Å². The molecule has 0 aliphatic rings. The van der Waals surface area contributed by atoms with Crippen LogP contribution >= 0.6 is 11.3 Å². The number of carbonyl (C=O) groups excluding carboxylic acids is 2. The lowest BCUT2D eigenvalue weighted by Crippen LogP contribution is -2.15. The second kappa shape index (κ2) is 8.47. The SMILES string of the molecule is Cc1nc(Cc2cccc3ccccc23)sc1CC(=O)Nc1ccc(C(N)=O)cc1. The summed E-state index contributed by atoms with van der Waals surface area (Å²) in [4.78, 5) is 29.3. The van der Waals surface area contributed by atoms with Gasteiger partial charge in [0.1, 0.15) is 0 Å². The topological polar surface area (TPSA) is 85.1 Å². The molecule has 0 bridgehead atoms. The third-order valence-corrected chi connectivity index (χ3v) is 6.09. The number of primary amides is 1. The van der Waals surface area contributed by atoms with Crippen molar-refractivity contribution in [2.45, 2.75) is 19.8 Å². The number of aromatic nitrogens is 1. The van der Waals surface area contributed by atoms with E-state index in [0.717, 1.165) is 22.0 Å². The normalized spacial score (nSPS) is 10.8. The molecule has 3 aromatic carbocycles. The summed E-state index contributed by atoms with van der Waals surface area (Å²) in [6, 6.07) is 21.2. The van der Waals surface area contributed by atoms with Gasteiger partial charge in [0.15, 0.2) is 0 Å². The average Bonchev–Trinajstić information content (AvgIpc) is 3.07. The molecule has 0 aliphatic heterocycles. The summed E-state index contributed by atoms with van der Waals surface area (Å²) in [6.07, 6.45) is 1.000. The van der Waals surface area contributed by atoms with Gasteiger partial charge in [0.05, 0.1) is 17.1 Å². The number of anilines is 1. The molecule has 1 heterocycles. The third kappa shape index (κ3) is 4.39. The minimum atomic E-state index is -0.494. The van der Waals surface area contributed by atoms with Crippen molar-refractivity contribution in [3.05, 3.63) is 93.4 Å². The van der Waals surface area contributed by atoms with Crippen LogP contribution in [0.4, 0.5) is 5.69 Å². The van der Waals surface area contributed by atoms with Gasteiger partial charge in [-0.1, -0.05) is 42.5 Å². The van der Waals surface area contributed by atoms with Gasteiger partial charge >= 0.3 is 0 Å². The lowest BCUT2D eigenvalue weighted by atomic mass is 10.0. The van der Waals surface area contributed by atoms with E-state index in [-0.39, 0.29) is 12.3 Å².